The van der Waals surface area contributed by atoms with E-state index in [2.05, 4.69) is 10.6 Å². The number of nitrogens with one attached hydrogen (secondary N) is 2. The van der Waals surface area contributed by atoms with E-state index in [1.54, 1.807) is 0 Å². The second kappa shape index (κ2) is 5.87. The van der Waals surface area contributed by atoms with Gasteiger partial charge in [0.1, 0.15) is 0 Å². The zero-order chi connectivity index (χ0) is 13.0. The standard InChI is InChI=1S/C14H21N3O/c1-11-5-7-12(8-6-11)16-14(18)17-9-3-4-13(10-17)15-2/h5-8,13,15H,3-4,9-10H2,1-2H3,(H,16,18). The minimum Gasteiger partial charge on any atom is -0.323 e. The predicted molar refractivity (Wildman–Crippen MR) is 73.9 cm³/mol. The van der Waals surface area contributed by atoms with Crippen LogP contribution < -0.4 is 10.6 Å². The number of carbonyl (C=O) groups excluding carboxylic acids is 1. The molecule has 1 aromatic rings. The van der Waals surface area contributed by atoms with Crippen LogP contribution in [-0.2, 0) is 0 Å². The summed E-state index contributed by atoms with van der Waals surface area (Å²) in [5, 5.41) is 6.18. The van der Waals surface area contributed by atoms with Crippen molar-refractivity contribution in [2.45, 2.75) is 25.8 Å². The van der Waals surface area contributed by atoms with Crippen LogP contribution in [0.2, 0.25) is 0 Å². The fraction of sp³-hybridized carbons (Fsp3) is 0.500. The van der Waals surface area contributed by atoms with Gasteiger partial charge in [-0.1, -0.05) is 17.7 Å². The third kappa shape index (κ3) is 3.23. The number of likely N-dealkylation sites (N-methyl/N-ethyl adjacent to an activating group) is 1. The van der Waals surface area contributed by atoms with Crippen LogP contribution in [0.1, 0.15) is 18.4 Å². The number of rotatable bonds is 2. The maximum Gasteiger partial charge on any atom is 0.321 e. The number of anilines is 1. The number of urea groups is 1. The van der Waals surface area contributed by atoms with Crippen molar-refractivity contribution < 1.29 is 4.79 Å². The zero-order valence-corrected chi connectivity index (χ0v) is 11.1. The van der Waals surface area contributed by atoms with E-state index in [9.17, 15) is 4.79 Å². The van der Waals surface area contributed by atoms with Crippen molar-refractivity contribution in [1.29, 1.82) is 0 Å². The van der Waals surface area contributed by atoms with Crippen LogP contribution in [0, 0.1) is 6.92 Å². The fourth-order valence-electron chi connectivity index (χ4n) is 2.24. The minimum atomic E-state index is -0.00111. The lowest BCUT2D eigenvalue weighted by atomic mass is 10.1. The molecule has 1 atom stereocenters. The van der Waals surface area contributed by atoms with Gasteiger partial charge in [-0.15, -0.1) is 0 Å². The third-order valence-corrected chi connectivity index (χ3v) is 3.42. The van der Waals surface area contributed by atoms with Crippen molar-refractivity contribution in [1.82, 2.24) is 10.2 Å². The first-order chi connectivity index (χ1) is 8.69. The van der Waals surface area contributed by atoms with Gasteiger partial charge >= 0.3 is 6.03 Å². The van der Waals surface area contributed by atoms with Gasteiger partial charge < -0.3 is 15.5 Å². The first-order valence-electron chi connectivity index (χ1n) is 6.49. The second-order valence-corrected chi connectivity index (χ2v) is 4.87. The number of carbonyl (C=O) groups is 1. The molecule has 1 aromatic carbocycles. The van der Waals surface area contributed by atoms with E-state index in [1.165, 1.54) is 5.56 Å². The van der Waals surface area contributed by atoms with Crippen LogP contribution in [0.25, 0.3) is 0 Å². The van der Waals surface area contributed by atoms with Crippen molar-refractivity contribution in [2.24, 2.45) is 0 Å². The summed E-state index contributed by atoms with van der Waals surface area (Å²) in [6.07, 6.45) is 2.21. The lowest BCUT2D eigenvalue weighted by Crippen LogP contribution is -2.48. The maximum absolute atomic E-state index is 12.1. The molecule has 1 saturated heterocycles. The molecule has 0 aromatic heterocycles. The molecule has 0 radical (unpaired) electrons. The van der Waals surface area contributed by atoms with E-state index in [1.807, 2.05) is 43.1 Å². The Morgan fingerprint density at radius 3 is 2.72 bits per heavy atom. The molecule has 2 amide bonds. The number of piperidine rings is 1. The van der Waals surface area contributed by atoms with E-state index >= 15 is 0 Å². The third-order valence-electron chi connectivity index (χ3n) is 3.42. The van der Waals surface area contributed by atoms with Gasteiger partial charge in [-0.3, -0.25) is 0 Å². The first kappa shape index (κ1) is 12.9. The average molecular weight is 247 g/mol. The van der Waals surface area contributed by atoms with Crippen LogP contribution in [0.4, 0.5) is 10.5 Å². The highest BCUT2D eigenvalue weighted by Gasteiger charge is 2.22. The fourth-order valence-corrected chi connectivity index (χ4v) is 2.24. The van der Waals surface area contributed by atoms with Gasteiger partial charge in [0.25, 0.3) is 0 Å². The number of nitrogens with zero attached hydrogens (tertiary/aromatic N) is 1. The summed E-state index contributed by atoms with van der Waals surface area (Å²) in [7, 11) is 1.95. The molecule has 4 heteroatoms. The van der Waals surface area contributed by atoms with Gasteiger partial charge in [0.05, 0.1) is 0 Å². The van der Waals surface area contributed by atoms with Gasteiger partial charge in [-0.2, -0.15) is 0 Å². The molecule has 4 nitrogen and oxygen atoms in total. The van der Waals surface area contributed by atoms with Crippen molar-refractivity contribution in [3.8, 4) is 0 Å². The van der Waals surface area contributed by atoms with Gasteiger partial charge in [0.2, 0.25) is 0 Å². The van der Waals surface area contributed by atoms with Crippen molar-refractivity contribution in [3.63, 3.8) is 0 Å². The van der Waals surface area contributed by atoms with Crippen molar-refractivity contribution in [2.75, 3.05) is 25.5 Å². The maximum atomic E-state index is 12.1. The topological polar surface area (TPSA) is 44.4 Å². The predicted octanol–water partition coefficient (Wildman–Crippen LogP) is 2.21. The smallest absolute Gasteiger partial charge is 0.321 e. The van der Waals surface area contributed by atoms with Gasteiger partial charge in [-0.05, 0) is 38.9 Å². The summed E-state index contributed by atoms with van der Waals surface area (Å²) in [5.74, 6) is 0. The summed E-state index contributed by atoms with van der Waals surface area (Å²) in [6.45, 7) is 3.66. The molecule has 1 unspecified atom stereocenters. The minimum absolute atomic E-state index is 0.00111. The normalized spacial score (nSPS) is 19.7. The van der Waals surface area contributed by atoms with Crippen LogP contribution in [0.3, 0.4) is 0 Å². The van der Waals surface area contributed by atoms with Crippen molar-refractivity contribution in [3.05, 3.63) is 29.8 Å². The van der Waals surface area contributed by atoms with Crippen molar-refractivity contribution >= 4 is 11.7 Å². The van der Waals surface area contributed by atoms with Crippen LogP contribution in [-0.4, -0.2) is 37.1 Å². The molecule has 2 N–H and O–H groups in total. The molecule has 1 fully saturated rings. The number of aryl methyl sites for hydroxylation is 1. The van der Waals surface area contributed by atoms with Crippen LogP contribution >= 0.6 is 0 Å². The molecule has 0 bridgehead atoms. The number of amides is 2. The highest BCUT2D eigenvalue weighted by atomic mass is 16.2. The molecule has 2 rings (SSSR count). The summed E-state index contributed by atoms with van der Waals surface area (Å²) in [6, 6.07) is 8.30. The monoisotopic (exact) mass is 247 g/mol. The molecule has 1 aliphatic rings. The Kier molecular flexibility index (Phi) is 4.20. The Hall–Kier alpha value is -1.55. The van der Waals surface area contributed by atoms with E-state index < -0.39 is 0 Å². The van der Waals surface area contributed by atoms with E-state index in [-0.39, 0.29) is 6.03 Å². The van der Waals surface area contributed by atoms with Gasteiger partial charge in [-0.25, -0.2) is 4.79 Å². The Morgan fingerprint density at radius 2 is 2.06 bits per heavy atom. The van der Waals surface area contributed by atoms with E-state index in [0.717, 1.165) is 31.6 Å². The van der Waals surface area contributed by atoms with Gasteiger partial charge in [0.15, 0.2) is 0 Å². The van der Waals surface area contributed by atoms with E-state index in [4.69, 9.17) is 0 Å². The molecule has 0 saturated carbocycles. The molecule has 0 spiro atoms. The molecule has 98 valence electrons. The summed E-state index contributed by atoms with van der Waals surface area (Å²) >= 11 is 0. The Labute approximate surface area is 108 Å². The summed E-state index contributed by atoms with van der Waals surface area (Å²) < 4.78 is 0. The molecule has 1 heterocycles. The Balaban J connectivity index is 1.93. The summed E-state index contributed by atoms with van der Waals surface area (Å²) in [5.41, 5.74) is 2.05. The number of hydrogen-bond donors (Lipinski definition) is 2. The number of likely N-dealkylation sites (tertiary alicyclic amines) is 1. The molecule has 18 heavy (non-hydrogen) atoms. The molecular weight excluding hydrogens is 226 g/mol. The molecule has 0 aliphatic carbocycles. The van der Waals surface area contributed by atoms with Crippen LogP contribution in [0.15, 0.2) is 24.3 Å². The SMILES string of the molecule is CNC1CCCN(C(=O)Nc2ccc(C)cc2)C1. The Bertz CT molecular complexity index is 402. The second-order valence-electron chi connectivity index (χ2n) is 4.87. The highest BCUT2D eigenvalue weighted by Crippen LogP contribution is 2.13. The Morgan fingerprint density at radius 1 is 1.33 bits per heavy atom. The number of benzene rings is 1. The van der Waals surface area contributed by atoms with Gasteiger partial charge in [0, 0.05) is 24.8 Å². The molecular formula is C14H21N3O. The lowest BCUT2D eigenvalue weighted by molar-refractivity contribution is 0.187. The largest absolute Gasteiger partial charge is 0.323 e. The zero-order valence-electron chi connectivity index (χ0n) is 11.1. The summed E-state index contributed by atoms with van der Waals surface area (Å²) in [4.78, 5) is 14.0. The molecule has 1 aliphatic heterocycles. The highest BCUT2D eigenvalue weighted by molar-refractivity contribution is 5.89. The lowest BCUT2D eigenvalue weighted by Gasteiger charge is -2.32. The van der Waals surface area contributed by atoms with E-state index in [0.29, 0.717) is 6.04 Å². The quantitative estimate of drug-likeness (QED) is 0.841. The first-order valence-corrected chi connectivity index (χ1v) is 6.49. The average Bonchev–Trinajstić information content (AvgIpc) is 2.41. The van der Waals surface area contributed by atoms with Crippen LogP contribution in [0.5, 0.6) is 0 Å². The number of hydrogen-bond acceptors (Lipinski definition) is 2.